The van der Waals surface area contributed by atoms with Gasteiger partial charge in [0.05, 0.1) is 17.6 Å². The largest absolute Gasteiger partial charge is 0.447 e. The summed E-state index contributed by atoms with van der Waals surface area (Å²) in [4.78, 5) is 0. The molecule has 1 aromatic carbocycles. The fourth-order valence-corrected chi connectivity index (χ4v) is 2.31. The Labute approximate surface area is 113 Å². The molecule has 0 fully saturated rings. The molecule has 2 N–H and O–H groups in total. The summed E-state index contributed by atoms with van der Waals surface area (Å²) in [5.41, 5.74) is 7.07. The number of nitrogens with zero attached hydrogens (tertiary/aromatic N) is 2. The van der Waals surface area contributed by atoms with Gasteiger partial charge in [0.25, 0.3) is 0 Å². The van der Waals surface area contributed by atoms with Gasteiger partial charge in [-0.05, 0) is 11.6 Å². The Morgan fingerprint density at radius 2 is 1.94 bits per heavy atom. The third-order valence-electron chi connectivity index (χ3n) is 2.64. The van der Waals surface area contributed by atoms with E-state index in [1.807, 2.05) is 36.4 Å². The third kappa shape index (κ3) is 1.97. The topological polar surface area (TPSA) is 82.8 Å². The van der Waals surface area contributed by atoms with E-state index in [1.54, 1.807) is 0 Å². The van der Waals surface area contributed by atoms with Crippen molar-refractivity contribution in [2.75, 3.05) is 0 Å². The molecule has 1 atom stereocenters. The number of nitriles is 2. The van der Waals surface area contributed by atoms with E-state index in [0.717, 1.165) is 10.0 Å². The van der Waals surface area contributed by atoms with Crippen molar-refractivity contribution in [3.8, 4) is 12.1 Å². The Morgan fingerprint density at radius 1 is 1.22 bits per heavy atom. The molecule has 1 aromatic rings. The predicted molar refractivity (Wildman–Crippen MR) is 68.5 cm³/mol. The molecule has 0 aromatic heterocycles. The van der Waals surface area contributed by atoms with Gasteiger partial charge in [0, 0.05) is 4.47 Å². The van der Waals surface area contributed by atoms with Crippen LogP contribution < -0.4 is 5.73 Å². The monoisotopic (exact) mass is 301 g/mol. The number of allylic oxidation sites excluding steroid dienone is 2. The Hall–Kier alpha value is -2.24. The van der Waals surface area contributed by atoms with Crippen molar-refractivity contribution in [2.45, 2.75) is 5.92 Å². The lowest BCUT2D eigenvalue weighted by molar-refractivity contribution is 0.326. The van der Waals surface area contributed by atoms with Crippen LogP contribution in [0.2, 0.25) is 0 Å². The van der Waals surface area contributed by atoms with Gasteiger partial charge in [-0.15, -0.1) is 0 Å². The standard InChI is InChI=1S/C13H8BrN3O/c14-11-4-2-1-3-9(11)12-8(5-15)7-18-13(17)10(12)6-16/h1-4,7,12H,17H2. The van der Waals surface area contributed by atoms with Crippen LogP contribution in [0.25, 0.3) is 0 Å². The van der Waals surface area contributed by atoms with Crippen molar-refractivity contribution in [3.63, 3.8) is 0 Å². The maximum absolute atomic E-state index is 9.18. The Balaban J connectivity index is 2.62. The third-order valence-corrected chi connectivity index (χ3v) is 3.37. The van der Waals surface area contributed by atoms with Gasteiger partial charge in [-0.2, -0.15) is 10.5 Å². The van der Waals surface area contributed by atoms with E-state index in [2.05, 4.69) is 15.9 Å². The zero-order chi connectivity index (χ0) is 13.1. The zero-order valence-electron chi connectivity index (χ0n) is 9.22. The van der Waals surface area contributed by atoms with Crippen LogP contribution in [0.15, 0.2) is 52.0 Å². The normalized spacial score (nSPS) is 18.4. The molecule has 0 aliphatic carbocycles. The molecule has 2 rings (SSSR count). The molecule has 88 valence electrons. The van der Waals surface area contributed by atoms with Crippen LogP contribution >= 0.6 is 15.9 Å². The molecule has 4 nitrogen and oxygen atoms in total. The molecule has 1 unspecified atom stereocenters. The lowest BCUT2D eigenvalue weighted by Crippen LogP contribution is -2.17. The van der Waals surface area contributed by atoms with Gasteiger partial charge in [0.1, 0.15) is 17.9 Å². The summed E-state index contributed by atoms with van der Waals surface area (Å²) in [5.74, 6) is -0.443. The van der Waals surface area contributed by atoms with Crippen LogP contribution in [0.3, 0.4) is 0 Å². The minimum Gasteiger partial charge on any atom is -0.447 e. The van der Waals surface area contributed by atoms with E-state index < -0.39 is 5.92 Å². The van der Waals surface area contributed by atoms with E-state index in [0.29, 0.717) is 5.57 Å². The molecule has 5 heteroatoms. The van der Waals surface area contributed by atoms with E-state index in [1.165, 1.54) is 6.26 Å². The molecular weight excluding hydrogens is 294 g/mol. The van der Waals surface area contributed by atoms with Crippen molar-refractivity contribution in [1.82, 2.24) is 0 Å². The predicted octanol–water partition coefficient (Wildman–Crippen LogP) is 2.66. The number of halogens is 1. The lowest BCUT2D eigenvalue weighted by atomic mass is 9.85. The van der Waals surface area contributed by atoms with Crippen LogP contribution in [0, 0.1) is 22.7 Å². The smallest absolute Gasteiger partial charge is 0.204 e. The first kappa shape index (κ1) is 12.2. The van der Waals surface area contributed by atoms with Gasteiger partial charge >= 0.3 is 0 Å². The Kier molecular flexibility index (Phi) is 3.36. The second-order valence-corrected chi connectivity index (χ2v) is 4.50. The fraction of sp³-hybridized carbons (Fsp3) is 0.0769. The van der Waals surface area contributed by atoms with Crippen LogP contribution in [0.5, 0.6) is 0 Å². The highest BCUT2D eigenvalue weighted by atomic mass is 79.9. The van der Waals surface area contributed by atoms with E-state index in [9.17, 15) is 5.26 Å². The van der Waals surface area contributed by atoms with Gasteiger partial charge in [0.15, 0.2) is 0 Å². The zero-order valence-corrected chi connectivity index (χ0v) is 10.8. The van der Waals surface area contributed by atoms with Crippen molar-refractivity contribution in [2.24, 2.45) is 5.73 Å². The summed E-state index contributed by atoms with van der Waals surface area (Å²) in [6.45, 7) is 0. The van der Waals surface area contributed by atoms with Gasteiger partial charge < -0.3 is 10.5 Å². The first-order valence-corrected chi connectivity index (χ1v) is 5.89. The molecule has 0 spiro atoms. The highest BCUT2D eigenvalue weighted by Crippen LogP contribution is 2.38. The van der Waals surface area contributed by atoms with Crippen LogP contribution in [-0.2, 0) is 4.74 Å². The number of hydrogen-bond donors (Lipinski definition) is 1. The van der Waals surface area contributed by atoms with E-state index in [-0.39, 0.29) is 11.5 Å². The SMILES string of the molecule is N#CC1=COC(N)=C(C#N)C1c1ccccc1Br. The van der Waals surface area contributed by atoms with Crippen LogP contribution in [0.1, 0.15) is 11.5 Å². The molecule has 1 aliphatic rings. The second-order valence-electron chi connectivity index (χ2n) is 3.65. The van der Waals surface area contributed by atoms with Crippen molar-refractivity contribution >= 4 is 15.9 Å². The van der Waals surface area contributed by atoms with Crippen molar-refractivity contribution < 1.29 is 4.74 Å². The summed E-state index contributed by atoms with van der Waals surface area (Å²) in [6.07, 6.45) is 1.29. The summed E-state index contributed by atoms with van der Waals surface area (Å²) in [6, 6.07) is 11.5. The number of rotatable bonds is 1. The maximum Gasteiger partial charge on any atom is 0.204 e. The van der Waals surface area contributed by atoms with Crippen molar-refractivity contribution in [1.29, 1.82) is 10.5 Å². The number of ether oxygens (including phenoxy) is 1. The van der Waals surface area contributed by atoms with Gasteiger partial charge in [-0.3, -0.25) is 0 Å². The molecular formula is C13H8BrN3O. The quantitative estimate of drug-likeness (QED) is 0.864. The molecule has 0 bridgehead atoms. The molecule has 1 heterocycles. The molecule has 0 saturated carbocycles. The first-order chi connectivity index (χ1) is 8.69. The Bertz CT molecular complexity index is 634. The second kappa shape index (κ2) is 4.95. The maximum atomic E-state index is 9.18. The number of benzene rings is 1. The lowest BCUT2D eigenvalue weighted by Gasteiger charge is -2.22. The van der Waals surface area contributed by atoms with Gasteiger partial charge in [0.2, 0.25) is 5.88 Å². The minimum atomic E-state index is -0.482. The highest BCUT2D eigenvalue weighted by Gasteiger charge is 2.29. The first-order valence-electron chi connectivity index (χ1n) is 5.10. The van der Waals surface area contributed by atoms with E-state index >= 15 is 0 Å². The summed E-state index contributed by atoms with van der Waals surface area (Å²) >= 11 is 3.41. The average Bonchev–Trinajstić information content (AvgIpc) is 2.39. The van der Waals surface area contributed by atoms with Crippen LogP contribution in [-0.4, -0.2) is 0 Å². The van der Waals surface area contributed by atoms with Gasteiger partial charge in [-0.1, -0.05) is 34.1 Å². The molecule has 18 heavy (non-hydrogen) atoms. The Morgan fingerprint density at radius 3 is 2.56 bits per heavy atom. The minimum absolute atomic E-state index is 0.0391. The van der Waals surface area contributed by atoms with Crippen LogP contribution in [0.4, 0.5) is 0 Å². The highest BCUT2D eigenvalue weighted by molar-refractivity contribution is 9.10. The fourth-order valence-electron chi connectivity index (χ4n) is 1.80. The van der Waals surface area contributed by atoms with Crippen molar-refractivity contribution in [3.05, 3.63) is 57.6 Å². The summed E-state index contributed by atoms with van der Waals surface area (Å²) in [5, 5.41) is 18.3. The molecule has 1 aliphatic heterocycles. The number of hydrogen-bond acceptors (Lipinski definition) is 4. The summed E-state index contributed by atoms with van der Waals surface area (Å²) in [7, 11) is 0. The molecule has 0 saturated heterocycles. The van der Waals surface area contributed by atoms with Gasteiger partial charge in [-0.25, -0.2) is 0 Å². The average molecular weight is 302 g/mol. The van der Waals surface area contributed by atoms with E-state index in [4.69, 9.17) is 15.7 Å². The molecule has 0 amide bonds. The summed E-state index contributed by atoms with van der Waals surface area (Å²) < 4.78 is 5.83. The molecule has 0 radical (unpaired) electrons. The number of nitrogens with two attached hydrogens (primary N) is 1.